The van der Waals surface area contributed by atoms with Gasteiger partial charge in [-0.25, -0.2) is 4.79 Å². The summed E-state index contributed by atoms with van der Waals surface area (Å²) in [4.78, 5) is 149. The Morgan fingerprint density at radius 1 is 0.440 bits per heavy atom. The van der Waals surface area contributed by atoms with E-state index in [-0.39, 0.29) is 113 Å². The van der Waals surface area contributed by atoms with E-state index in [1.165, 1.54) is 44.7 Å². The standard InChI is InChI=1S/C62H99N5O17/c1-4-6-24-51(65-42-56(74)53(66-43(3)68)38-44-27-31-47(69)32-28-44)55(73)41-64-50(54(72)5-2)25-21-22-37-63-57(75)35-29-45(60(79)80)40-49(71)33-34-52(62(83)84)67-58(76)36-30-46(61(81)82)39-48(70)23-19-17-15-13-11-9-7-8-10-12-14-16-18-20-26-59(77)78/h27-28,31-32,45-46,50-53,64-65,69H,4-26,29-30,33-42H2,1-3H3,(H,63,75)(H,66,68)(H,67,76)(H,77,78)(H,79,80)(H,81,82)(H,83,84)/t45-,46-,50+,51+,52+,53-/m1/s1. The van der Waals surface area contributed by atoms with Gasteiger partial charge in [0.2, 0.25) is 17.7 Å². The lowest BCUT2D eigenvalue weighted by Gasteiger charge is -2.22. The van der Waals surface area contributed by atoms with E-state index in [1.807, 2.05) is 6.92 Å². The molecule has 0 aliphatic heterocycles. The number of rotatable bonds is 55. The van der Waals surface area contributed by atoms with Crippen molar-refractivity contribution in [3.05, 3.63) is 29.8 Å². The molecule has 1 aromatic carbocycles. The third-order valence-electron chi connectivity index (χ3n) is 14.9. The number of nitrogens with one attached hydrogen (secondary N) is 5. The van der Waals surface area contributed by atoms with Crippen molar-refractivity contribution in [3.63, 3.8) is 0 Å². The van der Waals surface area contributed by atoms with Crippen LogP contribution < -0.4 is 26.6 Å². The van der Waals surface area contributed by atoms with Gasteiger partial charge in [0.1, 0.15) is 29.1 Å². The van der Waals surface area contributed by atoms with Crippen LogP contribution in [0, 0.1) is 11.8 Å². The second-order valence-electron chi connectivity index (χ2n) is 22.2. The van der Waals surface area contributed by atoms with Gasteiger partial charge in [0, 0.05) is 64.8 Å². The Morgan fingerprint density at radius 3 is 1.38 bits per heavy atom. The van der Waals surface area contributed by atoms with Crippen molar-refractivity contribution in [2.45, 2.75) is 250 Å². The van der Waals surface area contributed by atoms with Gasteiger partial charge >= 0.3 is 23.9 Å². The molecule has 84 heavy (non-hydrogen) atoms. The van der Waals surface area contributed by atoms with Crippen LogP contribution in [0.4, 0.5) is 0 Å². The van der Waals surface area contributed by atoms with Crippen LogP contribution in [0.1, 0.15) is 225 Å². The molecule has 1 aromatic rings. The number of carbonyl (C=O) groups is 12. The number of phenols is 1. The molecule has 0 saturated carbocycles. The number of Topliss-reactive ketones (excluding diaryl/α,β-unsaturated/α-hetero) is 5. The fourth-order valence-electron chi connectivity index (χ4n) is 9.79. The van der Waals surface area contributed by atoms with E-state index in [0.29, 0.717) is 38.5 Å². The average molecular weight is 1190 g/mol. The van der Waals surface area contributed by atoms with Gasteiger partial charge in [-0.3, -0.25) is 52.7 Å². The van der Waals surface area contributed by atoms with Gasteiger partial charge in [-0.05, 0) is 81.9 Å². The molecule has 0 fully saturated rings. The minimum absolute atomic E-state index is 0.0620. The fraction of sp³-hybridized carbons (Fsp3) is 0.710. The molecule has 0 aliphatic rings. The number of aliphatic carboxylic acids is 4. The summed E-state index contributed by atoms with van der Waals surface area (Å²) in [7, 11) is 0. The monoisotopic (exact) mass is 1190 g/mol. The first-order valence-electron chi connectivity index (χ1n) is 30.7. The molecular formula is C62H99N5O17. The van der Waals surface area contributed by atoms with Gasteiger partial charge in [-0.1, -0.05) is 116 Å². The van der Waals surface area contributed by atoms with E-state index in [1.54, 1.807) is 19.1 Å². The summed E-state index contributed by atoms with van der Waals surface area (Å²) in [6, 6.07) is 2.52. The molecule has 474 valence electrons. The van der Waals surface area contributed by atoms with E-state index in [2.05, 4.69) is 26.6 Å². The van der Waals surface area contributed by atoms with Crippen molar-refractivity contribution in [2.75, 3.05) is 19.6 Å². The van der Waals surface area contributed by atoms with Crippen LogP contribution in [-0.2, 0) is 64.0 Å². The summed E-state index contributed by atoms with van der Waals surface area (Å²) in [5, 5.41) is 61.4. The Hall–Kier alpha value is -6.42. The highest BCUT2D eigenvalue weighted by Crippen LogP contribution is 2.20. The first-order valence-corrected chi connectivity index (χ1v) is 30.7. The van der Waals surface area contributed by atoms with E-state index < -0.39 is 96.2 Å². The lowest BCUT2D eigenvalue weighted by molar-refractivity contribution is -0.145. The zero-order valence-corrected chi connectivity index (χ0v) is 50.2. The van der Waals surface area contributed by atoms with Crippen molar-refractivity contribution in [1.29, 1.82) is 0 Å². The maximum atomic E-state index is 13.5. The molecule has 0 aromatic heterocycles. The summed E-state index contributed by atoms with van der Waals surface area (Å²) >= 11 is 0. The molecule has 0 unspecified atom stereocenters. The van der Waals surface area contributed by atoms with Crippen molar-refractivity contribution in [1.82, 2.24) is 26.6 Å². The SMILES string of the molecule is CCCC[C@H](NCC(=O)[C@@H](Cc1ccc(O)cc1)NC(C)=O)C(=O)CN[C@@H](CCCCNC(=O)CC[C@H](CC(=O)CC[C@H](NC(=O)CC[C@H](CC(=O)CCCCCCCCCCCCCCCCC(=O)O)C(=O)O)C(=O)O)C(=O)O)C(=O)CC. The third kappa shape index (κ3) is 37.7. The Labute approximate surface area is 496 Å². The van der Waals surface area contributed by atoms with Crippen LogP contribution in [0.25, 0.3) is 0 Å². The number of unbranched alkanes of at least 4 members (excludes halogenated alkanes) is 15. The number of amides is 3. The van der Waals surface area contributed by atoms with Gasteiger partial charge in [0.15, 0.2) is 11.6 Å². The van der Waals surface area contributed by atoms with Crippen molar-refractivity contribution < 1.29 is 83.1 Å². The zero-order valence-electron chi connectivity index (χ0n) is 50.2. The van der Waals surface area contributed by atoms with Crippen LogP contribution in [0.3, 0.4) is 0 Å². The Bertz CT molecular complexity index is 2200. The van der Waals surface area contributed by atoms with Crippen LogP contribution in [0.2, 0.25) is 0 Å². The maximum Gasteiger partial charge on any atom is 0.326 e. The van der Waals surface area contributed by atoms with Crippen molar-refractivity contribution >= 4 is 70.5 Å². The molecule has 3 amide bonds. The molecule has 1 rings (SSSR count). The Morgan fingerprint density at radius 2 is 0.905 bits per heavy atom. The molecule has 0 radical (unpaired) electrons. The Kier molecular flexibility index (Phi) is 41.3. The number of phenolic OH excluding ortho intramolecular Hbond substituents is 1. The van der Waals surface area contributed by atoms with Crippen LogP contribution in [0.15, 0.2) is 24.3 Å². The second-order valence-corrected chi connectivity index (χ2v) is 22.2. The summed E-state index contributed by atoms with van der Waals surface area (Å²) in [5.41, 5.74) is 0.721. The average Bonchev–Trinajstić information content (AvgIpc) is 3.61. The summed E-state index contributed by atoms with van der Waals surface area (Å²) in [5.74, 6) is -10.3. The lowest BCUT2D eigenvalue weighted by Crippen LogP contribution is -2.50. The quantitative estimate of drug-likeness (QED) is 0.0282. The number of carboxylic acid groups (broad SMARTS) is 4. The summed E-state index contributed by atoms with van der Waals surface area (Å²) < 4.78 is 0. The van der Waals surface area contributed by atoms with E-state index >= 15 is 0 Å². The second kappa shape index (κ2) is 45.9. The molecule has 0 spiro atoms. The number of hydrogen-bond acceptors (Lipinski definition) is 15. The summed E-state index contributed by atoms with van der Waals surface area (Å²) in [6.07, 6.45) is 15.9. The van der Waals surface area contributed by atoms with Crippen LogP contribution in [0.5, 0.6) is 5.75 Å². The third-order valence-corrected chi connectivity index (χ3v) is 14.9. The number of benzene rings is 1. The van der Waals surface area contributed by atoms with Crippen LogP contribution >= 0.6 is 0 Å². The lowest BCUT2D eigenvalue weighted by atomic mass is 9.94. The van der Waals surface area contributed by atoms with Gasteiger partial charge in [0.05, 0.1) is 43.1 Å². The molecule has 0 heterocycles. The number of hydrogen-bond donors (Lipinski definition) is 10. The highest BCUT2D eigenvalue weighted by Gasteiger charge is 2.29. The predicted octanol–water partition coefficient (Wildman–Crippen LogP) is 7.51. The van der Waals surface area contributed by atoms with E-state index in [4.69, 9.17) is 5.11 Å². The normalized spacial score (nSPS) is 13.3. The number of ketones is 5. The first-order chi connectivity index (χ1) is 40.1. The molecule has 0 bridgehead atoms. The molecule has 0 aliphatic carbocycles. The summed E-state index contributed by atoms with van der Waals surface area (Å²) in [6.45, 7) is 4.84. The van der Waals surface area contributed by atoms with E-state index in [9.17, 15) is 78.0 Å². The van der Waals surface area contributed by atoms with Gasteiger partial charge in [0.25, 0.3) is 0 Å². The highest BCUT2D eigenvalue weighted by atomic mass is 16.4. The van der Waals surface area contributed by atoms with Gasteiger partial charge in [-0.2, -0.15) is 0 Å². The molecule has 0 saturated heterocycles. The molecule has 22 nitrogen and oxygen atoms in total. The van der Waals surface area contributed by atoms with Gasteiger partial charge in [-0.15, -0.1) is 0 Å². The molecular weight excluding hydrogens is 1090 g/mol. The molecule has 10 N–H and O–H groups in total. The number of carboxylic acids is 4. The Balaban J connectivity index is 2.48. The topological polar surface area (TPSA) is 366 Å². The highest BCUT2D eigenvalue weighted by molar-refractivity contribution is 5.92. The number of aromatic hydroxyl groups is 1. The maximum absolute atomic E-state index is 13.5. The first kappa shape index (κ1) is 75.6. The van der Waals surface area contributed by atoms with Crippen molar-refractivity contribution in [2.24, 2.45) is 11.8 Å². The minimum Gasteiger partial charge on any atom is -0.508 e. The van der Waals surface area contributed by atoms with Gasteiger partial charge < -0.3 is 52.1 Å². The fourth-order valence-corrected chi connectivity index (χ4v) is 9.79. The molecule has 22 heteroatoms. The largest absolute Gasteiger partial charge is 0.508 e. The van der Waals surface area contributed by atoms with Crippen LogP contribution in [-0.4, -0.2) is 140 Å². The van der Waals surface area contributed by atoms with Crippen molar-refractivity contribution in [3.8, 4) is 5.75 Å². The predicted molar refractivity (Wildman–Crippen MR) is 315 cm³/mol. The molecule has 6 atom stereocenters. The minimum atomic E-state index is -1.52. The zero-order chi connectivity index (χ0) is 62.7. The van der Waals surface area contributed by atoms with E-state index in [0.717, 1.165) is 69.8 Å². The number of carbonyl (C=O) groups excluding carboxylic acids is 8. The smallest absolute Gasteiger partial charge is 0.326 e.